The van der Waals surface area contributed by atoms with E-state index in [1.807, 2.05) is 36.4 Å². The Morgan fingerprint density at radius 1 is 1.17 bits per heavy atom. The molecule has 94 valence electrons. The minimum Gasteiger partial charge on any atom is -0.492 e. The van der Waals surface area contributed by atoms with Crippen molar-refractivity contribution in [3.05, 3.63) is 59.4 Å². The fraction of sp³-hybridized carbons (Fsp3) is 0.214. The smallest absolute Gasteiger partial charge is 0.120 e. The van der Waals surface area contributed by atoms with Crippen molar-refractivity contribution in [3.8, 4) is 5.75 Å². The average molecular weight is 263 g/mol. The third-order valence-electron chi connectivity index (χ3n) is 2.38. The van der Waals surface area contributed by atoms with Crippen molar-refractivity contribution >= 4 is 11.6 Å². The summed E-state index contributed by atoms with van der Waals surface area (Å²) >= 11 is 5.86. The minimum atomic E-state index is 0.604. The van der Waals surface area contributed by atoms with Crippen LogP contribution in [0.4, 0.5) is 0 Å². The maximum Gasteiger partial charge on any atom is 0.120 e. The summed E-state index contributed by atoms with van der Waals surface area (Å²) in [6.07, 6.45) is 1.79. The lowest BCUT2D eigenvalue weighted by atomic mass is 10.3. The number of hydrogen-bond donors (Lipinski definition) is 1. The van der Waals surface area contributed by atoms with Crippen LogP contribution < -0.4 is 10.1 Å². The van der Waals surface area contributed by atoms with Crippen LogP contribution in [0.1, 0.15) is 5.69 Å². The maximum atomic E-state index is 5.86. The third kappa shape index (κ3) is 4.35. The Bertz CT molecular complexity index is 476. The van der Waals surface area contributed by atoms with Crippen LogP contribution >= 0.6 is 11.6 Å². The SMILES string of the molecule is Clc1cccc(OCCNCc2ccccn2)c1. The molecular formula is C14H15ClN2O. The van der Waals surface area contributed by atoms with Crippen LogP contribution in [-0.2, 0) is 6.54 Å². The molecule has 0 aliphatic carbocycles. The number of aromatic nitrogens is 1. The van der Waals surface area contributed by atoms with Gasteiger partial charge in [0, 0.05) is 24.3 Å². The molecule has 0 amide bonds. The number of halogens is 1. The van der Waals surface area contributed by atoms with Gasteiger partial charge in [-0.25, -0.2) is 0 Å². The van der Waals surface area contributed by atoms with Gasteiger partial charge in [0.2, 0.25) is 0 Å². The van der Waals surface area contributed by atoms with Crippen LogP contribution in [0.3, 0.4) is 0 Å². The Morgan fingerprint density at radius 2 is 2.11 bits per heavy atom. The molecular weight excluding hydrogens is 248 g/mol. The molecule has 0 spiro atoms. The molecule has 1 aromatic carbocycles. The van der Waals surface area contributed by atoms with Gasteiger partial charge in [-0.1, -0.05) is 23.7 Å². The highest BCUT2D eigenvalue weighted by Crippen LogP contribution is 2.16. The Morgan fingerprint density at radius 3 is 2.89 bits per heavy atom. The molecule has 0 saturated carbocycles. The molecule has 2 rings (SSSR count). The first-order chi connectivity index (χ1) is 8.84. The largest absolute Gasteiger partial charge is 0.492 e. The first kappa shape index (κ1) is 12.9. The predicted octanol–water partition coefficient (Wildman–Crippen LogP) is 2.90. The van der Waals surface area contributed by atoms with Crippen molar-refractivity contribution in [3.63, 3.8) is 0 Å². The summed E-state index contributed by atoms with van der Waals surface area (Å²) in [4.78, 5) is 4.23. The van der Waals surface area contributed by atoms with Crippen LogP contribution in [-0.4, -0.2) is 18.1 Å². The second kappa shape index (κ2) is 6.99. The molecule has 1 N–H and O–H groups in total. The van der Waals surface area contributed by atoms with E-state index in [-0.39, 0.29) is 0 Å². The summed E-state index contributed by atoms with van der Waals surface area (Å²) in [7, 11) is 0. The maximum absolute atomic E-state index is 5.86. The molecule has 3 nitrogen and oxygen atoms in total. The second-order valence-corrected chi connectivity index (χ2v) is 4.24. The normalized spacial score (nSPS) is 10.3. The van der Waals surface area contributed by atoms with Crippen molar-refractivity contribution in [2.45, 2.75) is 6.54 Å². The van der Waals surface area contributed by atoms with Gasteiger partial charge in [0.15, 0.2) is 0 Å². The predicted molar refractivity (Wildman–Crippen MR) is 72.9 cm³/mol. The summed E-state index contributed by atoms with van der Waals surface area (Å²) in [5.74, 6) is 0.794. The molecule has 4 heteroatoms. The van der Waals surface area contributed by atoms with Crippen molar-refractivity contribution in [2.24, 2.45) is 0 Å². The van der Waals surface area contributed by atoms with E-state index < -0.39 is 0 Å². The standard InChI is InChI=1S/C14H15ClN2O/c15-12-4-3-6-14(10-12)18-9-8-16-11-13-5-1-2-7-17-13/h1-7,10,16H,8-9,11H2. The zero-order chi connectivity index (χ0) is 12.6. The van der Waals surface area contributed by atoms with Crippen molar-refractivity contribution in [2.75, 3.05) is 13.2 Å². The zero-order valence-electron chi connectivity index (χ0n) is 9.97. The number of rotatable bonds is 6. The number of hydrogen-bond acceptors (Lipinski definition) is 3. The Hall–Kier alpha value is -1.58. The molecule has 0 fully saturated rings. The lowest BCUT2D eigenvalue weighted by molar-refractivity contribution is 0.313. The zero-order valence-corrected chi connectivity index (χ0v) is 10.7. The van der Waals surface area contributed by atoms with Crippen LogP contribution in [0.5, 0.6) is 5.75 Å². The van der Waals surface area contributed by atoms with Gasteiger partial charge >= 0.3 is 0 Å². The summed E-state index contributed by atoms with van der Waals surface area (Å²) < 4.78 is 5.56. The van der Waals surface area contributed by atoms with E-state index in [0.717, 1.165) is 24.5 Å². The second-order valence-electron chi connectivity index (χ2n) is 3.80. The first-order valence-electron chi connectivity index (χ1n) is 5.83. The molecule has 0 unspecified atom stereocenters. The summed E-state index contributed by atoms with van der Waals surface area (Å²) in [5.41, 5.74) is 1.03. The van der Waals surface area contributed by atoms with E-state index in [2.05, 4.69) is 10.3 Å². The van der Waals surface area contributed by atoms with E-state index in [1.165, 1.54) is 0 Å². The lowest BCUT2D eigenvalue weighted by Crippen LogP contribution is -2.21. The van der Waals surface area contributed by atoms with Crippen LogP contribution in [0, 0.1) is 0 Å². The van der Waals surface area contributed by atoms with E-state index in [9.17, 15) is 0 Å². The molecule has 0 saturated heterocycles. The van der Waals surface area contributed by atoms with E-state index in [1.54, 1.807) is 12.3 Å². The summed E-state index contributed by atoms with van der Waals surface area (Å²) in [6, 6.07) is 13.3. The number of ether oxygens (including phenoxy) is 1. The molecule has 0 bridgehead atoms. The first-order valence-corrected chi connectivity index (χ1v) is 6.21. The highest BCUT2D eigenvalue weighted by Gasteiger charge is 1.95. The summed E-state index contributed by atoms with van der Waals surface area (Å²) in [6.45, 7) is 2.12. The highest BCUT2D eigenvalue weighted by molar-refractivity contribution is 6.30. The molecule has 1 aromatic heterocycles. The number of nitrogens with one attached hydrogen (secondary N) is 1. The lowest BCUT2D eigenvalue weighted by Gasteiger charge is -2.07. The van der Waals surface area contributed by atoms with E-state index in [0.29, 0.717) is 11.6 Å². The molecule has 0 atom stereocenters. The van der Waals surface area contributed by atoms with Gasteiger partial charge in [-0.2, -0.15) is 0 Å². The topological polar surface area (TPSA) is 34.1 Å². The quantitative estimate of drug-likeness (QED) is 0.813. The van der Waals surface area contributed by atoms with Gasteiger partial charge in [0.25, 0.3) is 0 Å². The van der Waals surface area contributed by atoms with Gasteiger partial charge in [0.05, 0.1) is 5.69 Å². The minimum absolute atomic E-state index is 0.604. The van der Waals surface area contributed by atoms with Crippen molar-refractivity contribution in [1.82, 2.24) is 10.3 Å². The molecule has 0 aliphatic heterocycles. The number of nitrogens with zero attached hydrogens (tertiary/aromatic N) is 1. The van der Waals surface area contributed by atoms with Gasteiger partial charge in [-0.05, 0) is 30.3 Å². The van der Waals surface area contributed by atoms with Gasteiger partial charge in [0.1, 0.15) is 12.4 Å². The van der Waals surface area contributed by atoms with Gasteiger partial charge in [-0.15, -0.1) is 0 Å². The molecule has 0 aliphatic rings. The van der Waals surface area contributed by atoms with Crippen molar-refractivity contribution < 1.29 is 4.74 Å². The Balaban J connectivity index is 1.65. The summed E-state index contributed by atoms with van der Waals surface area (Å²) in [5, 5.41) is 3.95. The van der Waals surface area contributed by atoms with Crippen LogP contribution in [0.15, 0.2) is 48.7 Å². The fourth-order valence-corrected chi connectivity index (χ4v) is 1.70. The van der Waals surface area contributed by atoms with Crippen LogP contribution in [0.25, 0.3) is 0 Å². The highest BCUT2D eigenvalue weighted by atomic mass is 35.5. The number of pyridine rings is 1. The third-order valence-corrected chi connectivity index (χ3v) is 2.61. The van der Waals surface area contributed by atoms with Crippen molar-refractivity contribution in [1.29, 1.82) is 0 Å². The molecule has 18 heavy (non-hydrogen) atoms. The van der Waals surface area contributed by atoms with E-state index >= 15 is 0 Å². The Kier molecular flexibility index (Phi) is 5.00. The van der Waals surface area contributed by atoms with Gasteiger partial charge in [-0.3, -0.25) is 4.98 Å². The monoisotopic (exact) mass is 262 g/mol. The number of benzene rings is 1. The van der Waals surface area contributed by atoms with Gasteiger partial charge < -0.3 is 10.1 Å². The molecule has 1 heterocycles. The molecule has 2 aromatic rings. The Labute approximate surface area is 112 Å². The molecule has 0 radical (unpaired) electrons. The average Bonchev–Trinajstić information content (AvgIpc) is 2.40. The van der Waals surface area contributed by atoms with Crippen LogP contribution in [0.2, 0.25) is 5.02 Å². The van der Waals surface area contributed by atoms with E-state index in [4.69, 9.17) is 16.3 Å². The fourth-order valence-electron chi connectivity index (χ4n) is 1.52.